The molecule has 0 bridgehead atoms. The molecule has 15 heteroatoms. The lowest BCUT2D eigenvalue weighted by atomic mass is 9.96. The van der Waals surface area contributed by atoms with E-state index in [-0.39, 0.29) is 30.2 Å². The number of amides is 2. The van der Waals surface area contributed by atoms with Crippen molar-refractivity contribution in [1.82, 2.24) is 20.0 Å². The minimum atomic E-state index is -5.08. The molecule has 3 rings (SSSR count). The number of carboxylic acids is 1. The highest BCUT2D eigenvalue weighted by atomic mass is 19.4. The lowest BCUT2D eigenvalue weighted by molar-refractivity contribution is -0.192. The Morgan fingerprint density at radius 3 is 2.23 bits per heavy atom. The highest BCUT2D eigenvalue weighted by Crippen LogP contribution is 2.22. The quantitative estimate of drug-likeness (QED) is 0.285. The van der Waals surface area contributed by atoms with Crippen LogP contribution >= 0.6 is 0 Å². The van der Waals surface area contributed by atoms with Gasteiger partial charge in [0.05, 0.1) is 17.3 Å². The molecule has 1 unspecified atom stereocenters. The van der Waals surface area contributed by atoms with Gasteiger partial charge < -0.3 is 25.6 Å². The number of aliphatic carboxylic acids is 1. The number of hydrogen-bond acceptors (Lipinski definition) is 5. The number of rotatable bonds is 9. The predicted octanol–water partition coefficient (Wildman–Crippen LogP) is 4.38. The van der Waals surface area contributed by atoms with E-state index in [2.05, 4.69) is 15.6 Å². The van der Waals surface area contributed by atoms with Gasteiger partial charge in [0.15, 0.2) is 11.4 Å². The second-order valence-corrected chi connectivity index (χ2v) is 8.42. The zero-order valence-corrected chi connectivity index (χ0v) is 20.7. The molecule has 0 spiro atoms. The molecular weight excluding hydrogens is 535 g/mol. The van der Waals surface area contributed by atoms with Crippen LogP contribution in [0.25, 0.3) is 5.65 Å². The summed E-state index contributed by atoms with van der Waals surface area (Å²) in [5, 5.41) is 21.4. The number of ether oxygens (including phenoxy) is 1. The van der Waals surface area contributed by atoms with E-state index in [1.165, 1.54) is 16.7 Å². The van der Waals surface area contributed by atoms with Crippen LogP contribution < -0.4 is 15.4 Å². The van der Waals surface area contributed by atoms with Gasteiger partial charge in [-0.1, -0.05) is 19.4 Å². The maximum absolute atomic E-state index is 13.9. The van der Waals surface area contributed by atoms with Gasteiger partial charge in [0, 0.05) is 12.7 Å². The van der Waals surface area contributed by atoms with Crippen LogP contribution in [0.1, 0.15) is 42.7 Å². The number of aromatic nitrogens is 2. The van der Waals surface area contributed by atoms with Crippen LogP contribution in [0.3, 0.4) is 0 Å². The zero-order valence-electron chi connectivity index (χ0n) is 20.7. The summed E-state index contributed by atoms with van der Waals surface area (Å²) in [4.78, 5) is 36.9. The molecule has 1 atom stereocenters. The van der Waals surface area contributed by atoms with Crippen LogP contribution in [-0.2, 0) is 11.4 Å². The molecule has 0 saturated carbocycles. The molecule has 0 fully saturated rings. The molecule has 10 nitrogen and oxygen atoms in total. The molecule has 4 N–H and O–H groups in total. The van der Waals surface area contributed by atoms with Gasteiger partial charge in [0.25, 0.3) is 5.91 Å². The number of nitrogens with one attached hydrogen (secondary N) is 2. The molecule has 0 aliphatic rings. The van der Waals surface area contributed by atoms with Gasteiger partial charge in [-0.25, -0.2) is 23.4 Å². The number of carboxylic acid groups (broad SMARTS) is 2. The van der Waals surface area contributed by atoms with Gasteiger partial charge in [-0.15, -0.1) is 0 Å². The number of pyridine rings is 1. The van der Waals surface area contributed by atoms with Crippen LogP contribution in [0, 0.1) is 11.6 Å². The molecule has 2 heterocycles. The Morgan fingerprint density at radius 2 is 1.69 bits per heavy atom. The SMILES string of the molecule is CCCC(C)(CNC(=O)c1cnc2c(OCc3c(F)cccc3F)cccn12)NC(=O)O.O=C(O)C(F)(F)F. The van der Waals surface area contributed by atoms with Crippen molar-refractivity contribution in [1.29, 1.82) is 0 Å². The Hall–Kier alpha value is -4.43. The van der Waals surface area contributed by atoms with Crippen molar-refractivity contribution in [2.45, 2.75) is 45.0 Å². The van der Waals surface area contributed by atoms with E-state index in [4.69, 9.17) is 19.7 Å². The van der Waals surface area contributed by atoms with Crippen LogP contribution in [0.5, 0.6) is 5.75 Å². The Kier molecular flexibility index (Phi) is 10.2. The van der Waals surface area contributed by atoms with Crippen molar-refractivity contribution in [3.63, 3.8) is 0 Å². The van der Waals surface area contributed by atoms with Crippen molar-refractivity contribution in [2.75, 3.05) is 6.54 Å². The molecule has 2 amide bonds. The summed E-state index contributed by atoms with van der Waals surface area (Å²) in [6.07, 6.45) is -2.03. The van der Waals surface area contributed by atoms with E-state index in [0.29, 0.717) is 12.1 Å². The first-order valence-corrected chi connectivity index (χ1v) is 11.3. The average Bonchev–Trinajstić information content (AvgIpc) is 3.27. The molecule has 0 saturated heterocycles. The zero-order chi connectivity index (χ0) is 29.4. The second kappa shape index (κ2) is 12.9. The smallest absolute Gasteiger partial charge is 0.485 e. The minimum absolute atomic E-state index is 0.0853. The number of alkyl halides is 3. The number of carbonyl (C=O) groups is 3. The van der Waals surface area contributed by atoms with Gasteiger partial charge in [0.2, 0.25) is 0 Å². The first-order valence-electron chi connectivity index (χ1n) is 11.3. The summed E-state index contributed by atoms with van der Waals surface area (Å²) in [5.41, 5.74) is -0.527. The standard InChI is InChI=1S/C22H24F2N4O4.C2HF3O2/c1-3-9-22(2,27-21(30)31)13-26-20(29)17-11-25-19-18(8-5-10-28(17)19)32-12-14-15(23)6-4-7-16(14)24;3-2(4,5)1(6)7/h4-8,10-11,27H,3,9,12-13H2,1-2H3,(H,26,29)(H,30,31);(H,6,7). The Morgan fingerprint density at radius 1 is 1.08 bits per heavy atom. The Labute approximate surface area is 218 Å². The highest BCUT2D eigenvalue weighted by Gasteiger charge is 2.38. The summed E-state index contributed by atoms with van der Waals surface area (Å²) in [6, 6.07) is 6.76. The van der Waals surface area contributed by atoms with Gasteiger partial charge in [-0.2, -0.15) is 13.2 Å². The number of nitrogens with zero attached hydrogens (tertiary/aromatic N) is 2. The first-order chi connectivity index (χ1) is 18.2. The molecule has 0 aliphatic heterocycles. The fourth-order valence-corrected chi connectivity index (χ4v) is 3.46. The molecule has 3 aromatic rings. The van der Waals surface area contributed by atoms with Crippen LogP contribution in [0.4, 0.5) is 26.7 Å². The third-order valence-corrected chi connectivity index (χ3v) is 5.26. The topological polar surface area (TPSA) is 142 Å². The van der Waals surface area contributed by atoms with Crippen molar-refractivity contribution >= 4 is 23.6 Å². The summed E-state index contributed by atoms with van der Waals surface area (Å²) in [7, 11) is 0. The van der Waals surface area contributed by atoms with E-state index >= 15 is 0 Å². The van der Waals surface area contributed by atoms with Crippen LogP contribution in [0.2, 0.25) is 0 Å². The van der Waals surface area contributed by atoms with E-state index in [0.717, 1.165) is 18.6 Å². The Bertz CT molecular complexity index is 1310. The fourth-order valence-electron chi connectivity index (χ4n) is 3.46. The first kappa shape index (κ1) is 30.8. The minimum Gasteiger partial charge on any atom is -0.485 e. The van der Waals surface area contributed by atoms with Gasteiger partial charge in [-0.05, 0) is 37.6 Å². The van der Waals surface area contributed by atoms with Gasteiger partial charge >= 0.3 is 18.2 Å². The summed E-state index contributed by atoms with van der Waals surface area (Å²) in [5.74, 6) is -4.40. The monoisotopic (exact) mass is 560 g/mol. The van der Waals surface area contributed by atoms with E-state index < -0.39 is 41.3 Å². The third kappa shape index (κ3) is 8.55. The summed E-state index contributed by atoms with van der Waals surface area (Å²) in [6.45, 7) is 3.38. The lowest BCUT2D eigenvalue weighted by Gasteiger charge is -2.29. The number of imidazole rings is 1. The van der Waals surface area contributed by atoms with Crippen molar-refractivity contribution in [2.24, 2.45) is 0 Å². The predicted molar refractivity (Wildman–Crippen MR) is 126 cm³/mol. The summed E-state index contributed by atoms with van der Waals surface area (Å²) >= 11 is 0. The third-order valence-electron chi connectivity index (χ3n) is 5.26. The van der Waals surface area contributed by atoms with E-state index in [1.807, 2.05) is 6.92 Å². The fraction of sp³-hybridized carbons (Fsp3) is 0.333. The van der Waals surface area contributed by atoms with E-state index in [1.54, 1.807) is 25.3 Å². The number of halogens is 5. The normalized spacial score (nSPS) is 12.6. The lowest BCUT2D eigenvalue weighted by Crippen LogP contribution is -2.53. The van der Waals surface area contributed by atoms with Gasteiger partial charge in [-0.3, -0.25) is 9.20 Å². The molecular formula is C24H25F5N4O6. The second-order valence-electron chi connectivity index (χ2n) is 8.42. The van der Waals surface area contributed by atoms with Crippen molar-refractivity contribution in [3.8, 4) is 5.75 Å². The Balaban J connectivity index is 0.000000673. The maximum atomic E-state index is 13.9. The molecule has 39 heavy (non-hydrogen) atoms. The number of fused-ring (bicyclic) bond motifs is 1. The molecule has 2 aromatic heterocycles. The largest absolute Gasteiger partial charge is 0.490 e. The molecule has 0 aliphatic carbocycles. The number of carbonyl (C=O) groups excluding carboxylic acids is 1. The van der Waals surface area contributed by atoms with E-state index in [9.17, 15) is 31.5 Å². The number of hydrogen-bond donors (Lipinski definition) is 4. The van der Waals surface area contributed by atoms with Crippen LogP contribution in [0.15, 0.2) is 42.7 Å². The number of benzene rings is 1. The highest BCUT2D eigenvalue weighted by molar-refractivity contribution is 5.93. The maximum Gasteiger partial charge on any atom is 0.490 e. The van der Waals surface area contributed by atoms with Crippen molar-refractivity contribution in [3.05, 3.63) is 65.6 Å². The molecule has 212 valence electrons. The van der Waals surface area contributed by atoms with Crippen molar-refractivity contribution < 1.29 is 51.3 Å². The summed E-state index contributed by atoms with van der Waals surface area (Å²) < 4.78 is 66.5. The van der Waals surface area contributed by atoms with Gasteiger partial charge in [0.1, 0.15) is 23.9 Å². The van der Waals surface area contributed by atoms with Crippen LogP contribution in [-0.4, -0.2) is 55.8 Å². The average molecular weight is 560 g/mol. The molecule has 1 aromatic carbocycles. The molecule has 0 radical (unpaired) electrons.